The summed E-state index contributed by atoms with van der Waals surface area (Å²) in [6.07, 6.45) is 0. The second-order valence-electron chi connectivity index (χ2n) is 6.08. The number of aryl methyl sites for hydroxylation is 1. The molecule has 0 aliphatic heterocycles. The van der Waals surface area contributed by atoms with E-state index in [-0.39, 0.29) is 18.4 Å². The van der Waals surface area contributed by atoms with Gasteiger partial charge >= 0.3 is 0 Å². The molecular formula is C20H23ClN2O4. The lowest BCUT2D eigenvalue weighted by molar-refractivity contribution is -0.129. The number of rotatable bonds is 7. The van der Waals surface area contributed by atoms with Crippen LogP contribution in [0.3, 0.4) is 0 Å². The van der Waals surface area contributed by atoms with Gasteiger partial charge in [-0.25, -0.2) is 0 Å². The van der Waals surface area contributed by atoms with Gasteiger partial charge in [-0.1, -0.05) is 17.7 Å². The Bertz CT molecular complexity index is 839. The molecule has 0 unspecified atom stereocenters. The summed E-state index contributed by atoms with van der Waals surface area (Å²) in [5.74, 6) is 0.691. The van der Waals surface area contributed by atoms with E-state index in [1.54, 1.807) is 50.4 Å². The quantitative estimate of drug-likeness (QED) is 0.789. The number of amides is 2. The first-order valence-electron chi connectivity index (χ1n) is 8.35. The third-order valence-electron chi connectivity index (χ3n) is 4.16. The molecule has 0 saturated heterocycles. The molecule has 0 atom stereocenters. The van der Waals surface area contributed by atoms with E-state index in [1.165, 1.54) is 0 Å². The third kappa shape index (κ3) is 5.37. The molecule has 0 fully saturated rings. The van der Waals surface area contributed by atoms with Crippen LogP contribution in [-0.2, 0) is 11.3 Å². The molecule has 6 nitrogen and oxygen atoms in total. The Morgan fingerprint density at radius 3 is 2.41 bits per heavy atom. The van der Waals surface area contributed by atoms with E-state index < -0.39 is 0 Å². The zero-order chi connectivity index (χ0) is 20.0. The van der Waals surface area contributed by atoms with Crippen LogP contribution in [0.1, 0.15) is 21.5 Å². The first-order chi connectivity index (χ1) is 12.8. The van der Waals surface area contributed by atoms with Gasteiger partial charge in [0, 0.05) is 24.2 Å². The normalized spacial score (nSPS) is 10.3. The van der Waals surface area contributed by atoms with Gasteiger partial charge in [0.25, 0.3) is 5.91 Å². The van der Waals surface area contributed by atoms with Gasteiger partial charge < -0.3 is 19.7 Å². The average molecular weight is 391 g/mol. The van der Waals surface area contributed by atoms with Crippen molar-refractivity contribution in [1.82, 2.24) is 10.2 Å². The lowest BCUT2D eigenvalue weighted by atomic mass is 10.1. The standard InChI is InChI=1S/C20H23ClN2O4/c1-13-8-17(26-3)18(27-4)10-15(13)12-23(2)19(24)11-22-20(25)14-6-5-7-16(21)9-14/h5-10H,11-12H2,1-4H3,(H,22,25). The Hall–Kier alpha value is -2.73. The number of nitrogens with one attached hydrogen (secondary N) is 1. The molecule has 0 bridgehead atoms. The van der Waals surface area contributed by atoms with Crippen molar-refractivity contribution < 1.29 is 19.1 Å². The molecule has 2 amide bonds. The van der Waals surface area contributed by atoms with Gasteiger partial charge in [-0.2, -0.15) is 0 Å². The lowest BCUT2D eigenvalue weighted by Crippen LogP contribution is -2.37. The van der Waals surface area contributed by atoms with E-state index >= 15 is 0 Å². The number of likely N-dealkylation sites (N-methyl/N-ethyl adjacent to an activating group) is 1. The van der Waals surface area contributed by atoms with Crippen LogP contribution in [0.25, 0.3) is 0 Å². The predicted octanol–water partition coefficient (Wildman–Crippen LogP) is 3.05. The van der Waals surface area contributed by atoms with Crippen LogP contribution in [0, 0.1) is 6.92 Å². The molecular weight excluding hydrogens is 368 g/mol. The molecule has 0 saturated carbocycles. The minimum absolute atomic E-state index is 0.103. The first kappa shape index (κ1) is 20.6. The summed E-state index contributed by atoms with van der Waals surface area (Å²) in [6, 6.07) is 10.3. The molecule has 0 heterocycles. The number of hydrogen-bond donors (Lipinski definition) is 1. The second-order valence-corrected chi connectivity index (χ2v) is 6.51. The predicted molar refractivity (Wildman–Crippen MR) is 105 cm³/mol. The SMILES string of the molecule is COc1cc(C)c(CN(C)C(=O)CNC(=O)c2cccc(Cl)c2)cc1OC. The van der Waals surface area contributed by atoms with Crippen molar-refractivity contribution in [3.63, 3.8) is 0 Å². The number of hydrogen-bond acceptors (Lipinski definition) is 4. The topological polar surface area (TPSA) is 67.9 Å². The van der Waals surface area contributed by atoms with Crippen LogP contribution in [0.2, 0.25) is 5.02 Å². The minimum Gasteiger partial charge on any atom is -0.493 e. The van der Waals surface area contributed by atoms with E-state index in [1.807, 2.05) is 19.1 Å². The Balaban J connectivity index is 1.98. The Morgan fingerprint density at radius 2 is 1.78 bits per heavy atom. The van der Waals surface area contributed by atoms with Crippen molar-refractivity contribution in [2.45, 2.75) is 13.5 Å². The van der Waals surface area contributed by atoms with Crippen molar-refractivity contribution in [2.75, 3.05) is 27.8 Å². The van der Waals surface area contributed by atoms with Gasteiger partial charge in [-0.05, 0) is 48.4 Å². The smallest absolute Gasteiger partial charge is 0.251 e. The van der Waals surface area contributed by atoms with Gasteiger partial charge in [-0.3, -0.25) is 9.59 Å². The molecule has 2 rings (SSSR count). The highest BCUT2D eigenvalue weighted by Crippen LogP contribution is 2.30. The molecule has 1 N–H and O–H groups in total. The highest BCUT2D eigenvalue weighted by Gasteiger charge is 2.15. The molecule has 0 aromatic heterocycles. The highest BCUT2D eigenvalue weighted by molar-refractivity contribution is 6.30. The second kappa shape index (κ2) is 9.28. The zero-order valence-corrected chi connectivity index (χ0v) is 16.6. The molecule has 2 aromatic rings. The summed E-state index contributed by atoms with van der Waals surface area (Å²) in [5, 5.41) is 3.08. The van der Waals surface area contributed by atoms with Crippen LogP contribution >= 0.6 is 11.6 Å². The summed E-state index contributed by atoms with van der Waals surface area (Å²) in [5.41, 5.74) is 2.33. The Labute approximate surface area is 164 Å². The summed E-state index contributed by atoms with van der Waals surface area (Å²) in [6.45, 7) is 2.22. The van der Waals surface area contributed by atoms with Crippen molar-refractivity contribution in [3.8, 4) is 11.5 Å². The molecule has 2 aromatic carbocycles. The summed E-state index contributed by atoms with van der Waals surface area (Å²) in [4.78, 5) is 26.0. The van der Waals surface area contributed by atoms with Gasteiger partial charge in [-0.15, -0.1) is 0 Å². The lowest BCUT2D eigenvalue weighted by Gasteiger charge is -2.20. The fourth-order valence-electron chi connectivity index (χ4n) is 2.56. The number of carbonyl (C=O) groups is 2. The van der Waals surface area contributed by atoms with Crippen molar-refractivity contribution in [3.05, 3.63) is 58.1 Å². The largest absolute Gasteiger partial charge is 0.493 e. The van der Waals surface area contributed by atoms with Crippen molar-refractivity contribution >= 4 is 23.4 Å². The number of ether oxygens (including phenoxy) is 2. The molecule has 0 aliphatic rings. The summed E-state index contributed by atoms with van der Waals surface area (Å²) >= 11 is 5.88. The molecule has 27 heavy (non-hydrogen) atoms. The number of methoxy groups -OCH3 is 2. The molecule has 144 valence electrons. The molecule has 7 heteroatoms. The van der Waals surface area contributed by atoms with Crippen molar-refractivity contribution in [2.24, 2.45) is 0 Å². The van der Waals surface area contributed by atoms with Crippen LogP contribution in [-0.4, -0.2) is 44.5 Å². The summed E-state index contributed by atoms with van der Waals surface area (Å²) < 4.78 is 10.6. The van der Waals surface area contributed by atoms with Crippen molar-refractivity contribution in [1.29, 1.82) is 0 Å². The maximum absolute atomic E-state index is 12.4. The number of benzene rings is 2. The van der Waals surface area contributed by atoms with Crippen LogP contribution in [0.15, 0.2) is 36.4 Å². The maximum Gasteiger partial charge on any atom is 0.251 e. The molecule has 0 radical (unpaired) electrons. The van der Waals surface area contributed by atoms with Crippen LogP contribution < -0.4 is 14.8 Å². The highest BCUT2D eigenvalue weighted by atomic mass is 35.5. The third-order valence-corrected chi connectivity index (χ3v) is 4.40. The Kier molecular flexibility index (Phi) is 7.07. The van der Waals surface area contributed by atoms with E-state index in [0.717, 1.165) is 11.1 Å². The maximum atomic E-state index is 12.4. The van der Waals surface area contributed by atoms with E-state index in [0.29, 0.717) is 28.6 Å². The molecule has 0 spiro atoms. The van der Waals surface area contributed by atoms with E-state index in [9.17, 15) is 9.59 Å². The Morgan fingerprint density at radius 1 is 1.11 bits per heavy atom. The number of carbonyl (C=O) groups excluding carboxylic acids is 2. The fourth-order valence-corrected chi connectivity index (χ4v) is 2.75. The van der Waals surface area contributed by atoms with Gasteiger partial charge in [0.2, 0.25) is 5.91 Å². The number of nitrogens with zero attached hydrogens (tertiary/aromatic N) is 1. The molecule has 0 aliphatic carbocycles. The average Bonchev–Trinajstić information content (AvgIpc) is 2.66. The number of halogens is 1. The minimum atomic E-state index is -0.346. The first-order valence-corrected chi connectivity index (χ1v) is 8.72. The van der Waals surface area contributed by atoms with Crippen LogP contribution in [0.4, 0.5) is 0 Å². The van der Waals surface area contributed by atoms with Gasteiger partial charge in [0.05, 0.1) is 20.8 Å². The van der Waals surface area contributed by atoms with E-state index in [4.69, 9.17) is 21.1 Å². The van der Waals surface area contributed by atoms with Gasteiger partial charge in [0.1, 0.15) is 0 Å². The fraction of sp³-hybridized carbons (Fsp3) is 0.300. The van der Waals surface area contributed by atoms with E-state index in [2.05, 4.69) is 5.32 Å². The zero-order valence-electron chi connectivity index (χ0n) is 15.8. The van der Waals surface area contributed by atoms with Gasteiger partial charge in [0.15, 0.2) is 11.5 Å². The monoisotopic (exact) mass is 390 g/mol. The summed E-state index contributed by atoms with van der Waals surface area (Å²) in [7, 11) is 4.83. The van der Waals surface area contributed by atoms with Crippen LogP contribution in [0.5, 0.6) is 11.5 Å².